The van der Waals surface area contributed by atoms with Crippen molar-refractivity contribution in [1.82, 2.24) is 0 Å². The maximum absolute atomic E-state index is 5.49. The highest BCUT2D eigenvalue weighted by Gasteiger charge is 2.36. The molecule has 54 valence electrons. The predicted octanol–water partition coefficient (Wildman–Crippen LogP) is -0.392. The molecule has 0 amide bonds. The van der Waals surface area contributed by atoms with E-state index in [4.69, 9.17) is 15.2 Å². The molecule has 9 heavy (non-hydrogen) atoms. The van der Waals surface area contributed by atoms with Gasteiger partial charge in [0.15, 0.2) is 0 Å². The summed E-state index contributed by atoms with van der Waals surface area (Å²) < 4.78 is 10.0. The highest BCUT2D eigenvalue weighted by atomic mass is 16.5. The van der Waals surface area contributed by atoms with E-state index in [1.807, 2.05) is 0 Å². The van der Waals surface area contributed by atoms with E-state index in [1.54, 1.807) is 7.11 Å². The molecule has 1 saturated heterocycles. The van der Waals surface area contributed by atoms with Crippen molar-refractivity contribution in [2.75, 3.05) is 33.5 Å². The lowest BCUT2D eigenvalue weighted by Gasteiger charge is -2.39. The van der Waals surface area contributed by atoms with Crippen LogP contribution in [0.3, 0.4) is 0 Å². The minimum atomic E-state index is 0.148. The molecular formula is C6H13NO2. The first-order chi connectivity index (χ1) is 4.33. The summed E-state index contributed by atoms with van der Waals surface area (Å²) in [4.78, 5) is 0. The standard InChI is InChI=1S/C6H13NO2/c1-8-3-6(2-7)4-9-5-6/h2-5,7H2,1H3. The van der Waals surface area contributed by atoms with E-state index in [1.165, 1.54) is 0 Å². The van der Waals surface area contributed by atoms with Gasteiger partial charge in [-0.3, -0.25) is 0 Å². The molecule has 0 aliphatic carbocycles. The molecule has 3 heteroatoms. The van der Waals surface area contributed by atoms with Crippen molar-refractivity contribution in [2.24, 2.45) is 11.1 Å². The van der Waals surface area contributed by atoms with E-state index in [-0.39, 0.29) is 5.41 Å². The highest BCUT2D eigenvalue weighted by Crippen LogP contribution is 2.25. The molecule has 0 aromatic heterocycles. The predicted molar refractivity (Wildman–Crippen MR) is 34.2 cm³/mol. The van der Waals surface area contributed by atoms with Crippen LogP contribution >= 0.6 is 0 Å². The van der Waals surface area contributed by atoms with Crippen LogP contribution in [0.25, 0.3) is 0 Å². The molecule has 3 nitrogen and oxygen atoms in total. The zero-order chi connectivity index (χ0) is 6.74. The Balaban J connectivity index is 2.28. The average molecular weight is 131 g/mol. The molecule has 2 N–H and O–H groups in total. The number of ether oxygens (including phenoxy) is 2. The summed E-state index contributed by atoms with van der Waals surface area (Å²) in [5.41, 5.74) is 5.64. The van der Waals surface area contributed by atoms with Gasteiger partial charge in [0.25, 0.3) is 0 Å². The zero-order valence-electron chi connectivity index (χ0n) is 5.72. The van der Waals surface area contributed by atoms with Crippen molar-refractivity contribution in [3.05, 3.63) is 0 Å². The first-order valence-corrected chi connectivity index (χ1v) is 3.10. The number of hydrogen-bond acceptors (Lipinski definition) is 3. The first kappa shape index (κ1) is 6.99. The molecule has 1 aliphatic rings. The lowest BCUT2D eigenvalue weighted by Crippen LogP contribution is -2.51. The Morgan fingerprint density at radius 2 is 2.33 bits per heavy atom. The van der Waals surface area contributed by atoms with Gasteiger partial charge >= 0.3 is 0 Å². The number of rotatable bonds is 3. The normalized spacial score (nSPS) is 23.3. The molecule has 0 aromatic rings. The van der Waals surface area contributed by atoms with Gasteiger partial charge in [0.05, 0.1) is 25.2 Å². The van der Waals surface area contributed by atoms with Crippen LogP contribution in [-0.2, 0) is 9.47 Å². The molecule has 1 fully saturated rings. The van der Waals surface area contributed by atoms with Gasteiger partial charge in [-0.15, -0.1) is 0 Å². The van der Waals surface area contributed by atoms with E-state index in [9.17, 15) is 0 Å². The van der Waals surface area contributed by atoms with Crippen molar-refractivity contribution >= 4 is 0 Å². The third-order valence-electron chi connectivity index (χ3n) is 1.70. The van der Waals surface area contributed by atoms with Crippen LogP contribution in [0, 0.1) is 5.41 Å². The van der Waals surface area contributed by atoms with Crippen LogP contribution in [0.4, 0.5) is 0 Å². The van der Waals surface area contributed by atoms with E-state index in [0.717, 1.165) is 19.8 Å². The van der Waals surface area contributed by atoms with E-state index in [0.29, 0.717) is 6.54 Å². The molecule has 1 aliphatic heterocycles. The minimum absolute atomic E-state index is 0.148. The molecule has 1 heterocycles. The van der Waals surface area contributed by atoms with Crippen molar-refractivity contribution in [3.63, 3.8) is 0 Å². The largest absolute Gasteiger partial charge is 0.384 e. The molecule has 1 rings (SSSR count). The lowest BCUT2D eigenvalue weighted by atomic mass is 9.87. The van der Waals surface area contributed by atoms with E-state index >= 15 is 0 Å². The van der Waals surface area contributed by atoms with Gasteiger partial charge in [-0.25, -0.2) is 0 Å². The summed E-state index contributed by atoms with van der Waals surface area (Å²) in [6.07, 6.45) is 0. The molecular weight excluding hydrogens is 118 g/mol. The Hall–Kier alpha value is -0.120. The molecule has 0 aromatic carbocycles. The summed E-state index contributed by atoms with van der Waals surface area (Å²) in [5, 5.41) is 0. The zero-order valence-corrected chi connectivity index (χ0v) is 5.72. The van der Waals surface area contributed by atoms with Gasteiger partial charge in [-0.2, -0.15) is 0 Å². The second-order valence-electron chi connectivity index (χ2n) is 2.63. The molecule has 0 radical (unpaired) electrons. The SMILES string of the molecule is COCC1(CN)COC1. The Morgan fingerprint density at radius 1 is 1.67 bits per heavy atom. The molecule has 0 unspecified atom stereocenters. The fraction of sp³-hybridized carbons (Fsp3) is 1.00. The third kappa shape index (κ3) is 1.23. The summed E-state index contributed by atoms with van der Waals surface area (Å²) in [6.45, 7) is 2.92. The smallest absolute Gasteiger partial charge is 0.0579 e. The van der Waals surface area contributed by atoms with Crippen LogP contribution in [-0.4, -0.2) is 33.5 Å². The first-order valence-electron chi connectivity index (χ1n) is 3.10. The molecule has 0 atom stereocenters. The fourth-order valence-electron chi connectivity index (χ4n) is 0.957. The van der Waals surface area contributed by atoms with Gasteiger partial charge in [0.1, 0.15) is 0 Å². The van der Waals surface area contributed by atoms with E-state index < -0.39 is 0 Å². The number of nitrogens with two attached hydrogens (primary N) is 1. The summed E-state index contributed by atoms with van der Waals surface area (Å²) >= 11 is 0. The summed E-state index contributed by atoms with van der Waals surface area (Å²) in [6, 6.07) is 0. The summed E-state index contributed by atoms with van der Waals surface area (Å²) in [5.74, 6) is 0. The Labute approximate surface area is 55.1 Å². The Kier molecular flexibility index (Phi) is 2.05. The minimum Gasteiger partial charge on any atom is -0.384 e. The van der Waals surface area contributed by atoms with Crippen LogP contribution in [0.1, 0.15) is 0 Å². The van der Waals surface area contributed by atoms with Gasteiger partial charge in [0, 0.05) is 13.7 Å². The maximum atomic E-state index is 5.49. The third-order valence-corrected chi connectivity index (χ3v) is 1.70. The number of hydrogen-bond donors (Lipinski definition) is 1. The molecule has 0 spiro atoms. The second-order valence-corrected chi connectivity index (χ2v) is 2.63. The quantitative estimate of drug-likeness (QED) is 0.567. The van der Waals surface area contributed by atoms with Gasteiger partial charge in [0.2, 0.25) is 0 Å². The molecule has 0 bridgehead atoms. The highest BCUT2D eigenvalue weighted by molar-refractivity contribution is 4.85. The van der Waals surface area contributed by atoms with Crippen molar-refractivity contribution in [3.8, 4) is 0 Å². The number of methoxy groups -OCH3 is 1. The van der Waals surface area contributed by atoms with Crippen molar-refractivity contribution in [1.29, 1.82) is 0 Å². The summed E-state index contributed by atoms with van der Waals surface area (Å²) in [7, 11) is 1.69. The Morgan fingerprint density at radius 3 is 2.44 bits per heavy atom. The van der Waals surface area contributed by atoms with Crippen LogP contribution in [0.5, 0.6) is 0 Å². The topological polar surface area (TPSA) is 44.5 Å². The van der Waals surface area contributed by atoms with Crippen LogP contribution in [0.2, 0.25) is 0 Å². The average Bonchev–Trinajstić information content (AvgIpc) is 1.79. The maximum Gasteiger partial charge on any atom is 0.0579 e. The second kappa shape index (κ2) is 2.64. The van der Waals surface area contributed by atoms with Crippen molar-refractivity contribution in [2.45, 2.75) is 0 Å². The van der Waals surface area contributed by atoms with Crippen molar-refractivity contribution < 1.29 is 9.47 Å². The van der Waals surface area contributed by atoms with Crippen LogP contribution in [0.15, 0.2) is 0 Å². The van der Waals surface area contributed by atoms with Crippen LogP contribution < -0.4 is 5.73 Å². The van der Waals surface area contributed by atoms with Gasteiger partial charge < -0.3 is 15.2 Å². The van der Waals surface area contributed by atoms with Gasteiger partial charge in [-0.05, 0) is 0 Å². The van der Waals surface area contributed by atoms with Gasteiger partial charge in [-0.1, -0.05) is 0 Å². The van der Waals surface area contributed by atoms with E-state index in [2.05, 4.69) is 0 Å². The fourth-order valence-corrected chi connectivity index (χ4v) is 0.957. The monoisotopic (exact) mass is 131 g/mol. The Bertz CT molecular complexity index is 85.5. The lowest BCUT2D eigenvalue weighted by molar-refractivity contribution is -0.136. The molecule has 0 saturated carbocycles.